The fraction of sp³-hybridized carbons (Fsp3) is 0.538. The summed E-state index contributed by atoms with van der Waals surface area (Å²) in [6.45, 7) is 5.62. The van der Waals surface area contributed by atoms with Crippen LogP contribution in [0, 0.1) is 25.7 Å². The molecule has 0 aromatic heterocycles. The molecule has 1 aromatic carbocycles. The predicted octanol–water partition coefficient (Wildman–Crippen LogP) is 0.800. The lowest BCUT2D eigenvalue weighted by molar-refractivity contribution is 0.564. The van der Waals surface area contributed by atoms with Crippen molar-refractivity contribution >= 4 is 10.0 Å². The third-order valence-electron chi connectivity index (χ3n) is 4.02. The van der Waals surface area contributed by atoms with E-state index in [1.54, 1.807) is 6.07 Å². The van der Waals surface area contributed by atoms with Crippen LogP contribution in [0.15, 0.2) is 23.1 Å². The van der Waals surface area contributed by atoms with Crippen molar-refractivity contribution < 1.29 is 8.42 Å². The number of hydrogen-bond acceptors (Lipinski definition) is 3. The van der Waals surface area contributed by atoms with Crippen LogP contribution in [0.3, 0.4) is 0 Å². The molecule has 0 bridgehead atoms. The van der Waals surface area contributed by atoms with E-state index in [1.165, 1.54) is 0 Å². The van der Waals surface area contributed by atoms with E-state index in [2.05, 4.69) is 10.0 Å². The number of benzene rings is 1. The molecule has 1 saturated heterocycles. The van der Waals surface area contributed by atoms with Gasteiger partial charge in [0.1, 0.15) is 0 Å². The highest BCUT2D eigenvalue weighted by Crippen LogP contribution is 2.42. The van der Waals surface area contributed by atoms with E-state index in [0.717, 1.165) is 24.2 Å². The second-order valence-electron chi connectivity index (χ2n) is 5.40. The molecule has 0 radical (unpaired) electrons. The average molecular weight is 266 g/mol. The van der Waals surface area contributed by atoms with Crippen molar-refractivity contribution in [2.24, 2.45) is 11.8 Å². The van der Waals surface area contributed by atoms with Gasteiger partial charge in [0.15, 0.2) is 0 Å². The molecule has 0 spiro atoms. The molecule has 2 fully saturated rings. The first kappa shape index (κ1) is 12.1. The van der Waals surface area contributed by atoms with Crippen molar-refractivity contribution in [3.8, 4) is 0 Å². The van der Waals surface area contributed by atoms with Crippen molar-refractivity contribution in [2.45, 2.75) is 24.8 Å². The summed E-state index contributed by atoms with van der Waals surface area (Å²) in [6, 6.07) is 5.67. The molecule has 0 amide bonds. The average Bonchev–Trinajstić information content (AvgIpc) is 2.77. The maximum Gasteiger partial charge on any atom is 0.241 e. The standard InChI is InChI=1S/C13H18N2O2S/c1-8-3-4-9(2)12(5-8)18(16,17)15-13-10-6-14-7-11(10)13/h3-5,10-11,13-15H,6-7H2,1-2H3. The quantitative estimate of drug-likeness (QED) is 0.851. The van der Waals surface area contributed by atoms with Gasteiger partial charge < -0.3 is 5.32 Å². The first-order valence-electron chi connectivity index (χ1n) is 6.29. The van der Waals surface area contributed by atoms with E-state index in [4.69, 9.17) is 0 Å². The molecule has 4 nitrogen and oxygen atoms in total. The number of hydrogen-bond donors (Lipinski definition) is 2. The summed E-state index contributed by atoms with van der Waals surface area (Å²) in [5.74, 6) is 0.981. The number of piperidine rings is 1. The fourth-order valence-corrected chi connectivity index (χ4v) is 4.50. The first-order valence-corrected chi connectivity index (χ1v) is 7.78. The molecule has 2 N–H and O–H groups in total. The van der Waals surface area contributed by atoms with E-state index in [1.807, 2.05) is 26.0 Å². The molecule has 2 aliphatic rings. The summed E-state index contributed by atoms with van der Waals surface area (Å²) >= 11 is 0. The molecule has 1 heterocycles. The lowest BCUT2D eigenvalue weighted by Crippen LogP contribution is -2.32. The van der Waals surface area contributed by atoms with Crippen LogP contribution in [-0.2, 0) is 10.0 Å². The van der Waals surface area contributed by atoms with E-state index < -0.39 is 10.0 Å². The van der Waals surface area contributed by atoms with Crippen molar-refractivity contribution in [1.82, 2.24) is 10.0 Å². The monoisotopic (exact) mass is 266 g/mol. The summed E-state index contributed by atoms with van der Waals surface area (Å²) in [5, 5.41) is 3.26. The van der Waals surface area contributed by atoms with Gasteiger partial charge in [-0.3, -0.25) is 0 Å². The molecule has 1 saturated carbocycles. The number of fused-ring (bicyclic) bond motifs is 1. The van der Waals surface area contributed by atoms with E-state index in [-0.39, 0.29) is 6.04 Å². The van der Waals surface area contributed by atoms with Crippen LogP contribution >= 0.6 is 0 Å². The number of aryl methyl sites for hydroxylation is 2. The zero-order chi connectivity index (χ0) is 12.9. The van der Waals surface area contributed by atoms with E-state index in [0.29, 0.717) is 16.7 Å². The molecule has 18 heavy (non-hydrogen) atoms. The lowest BCUT2D eigenvalue weighted by Gasteiger charge is -2.11. The lowest BCUT2D eigenvalue weighted by atomic mass is 10.2. The third kappa shape index (κ3) is 1.96. The third-order valence-corrected chi connectivity index (χ3v) is 5.62. The summed E-state index contributed by atoms with van der Waals surface area (Å²) in [4.78, 5) is 0.417. The van der Waals surface area contributed by atoms with E-state index in [9.17, 15) is 8.42 Å². The molecule has 5 heteroatoms. The van der Waals surface area contributed by atoms with Gasteiger partial charge in [0.2, 0.25) is 10.0 Å². The predicted molar refractivity (Wildman–Crippen MR) is 69.9 cm³/mol. The maximum absolute atomic E-state index is 12.4. The second kappa shape index (κ2) is 4.05. The molecule has 98 valence electrons. The summed E-state index contributed by atoms with van der Waals surface area (Å²) in [7, 11) is -3.37. The zero-order valence-corrected chi connectivity index (χ0v) is 11.4. The normalized spacial score (nSPS) is 30.2. The molecule has 1 aliphatic carbocycles. The Bertz CT molecular complexity index is 573. The summed E-state index contributed by atoms with van der Waals surface area (Å²) in [6.07, 6.45) is 0. The van der Waals surface area contributed by atoms with Crippen LogP contribution in [-0.4, -0.2) is 27.5 Å². The second-order valence-corrected chi connectivity index (χ2v) is 7.08. The van der Waals surface area contributed by atoms with Gasteiger partial charge in [-0.2, -0.15) is 0 Å². The largest absolute Gasteiger partial charge is 0.316 e. The van der Waals surface area contributed by atoms with Crippen LogP contribution < -0.4 is 10.0 Å². The Labute approximate surface area is 108 Å². The van der Waals surface area contributed by atoms with Gasteiger partial charge in [0.05, 0.1) is 4.90 Å². The Morgan fingerprint density at radius 1 is 1.22 bits per heavy atom. The smallest absolute Gasteiger partial charge is 0.241 e. The zero-order valence-electron chi connectivity index (χ0n) is 10.6. The minimum atomic E-state index is -3.37. The van der Waals surface area contributed by atoms with E-state index >= 15 is 0 Å². The maximum atomic E-state index is 12.4. The highest BCUT2D eigenvalue weighted by atomic mass is 32.2. The molecule has 1 aliphatic heterocycles. The minimum absolute atomic E-state index is 0.135. The van der Waals surface area contributed by atoms with Crippen molar-refractivity contribution in [2.75, 3.05) is 13.1 Å². The van der Waals surface area contributed by atoms with Gasteiger partial charge >= 0.3 is 0 Å². The van der Waals surface area contributed by atoms with Crippen LogP contribution in [0.4, 0.5) is 0 Å². The van der Waals surface area contributed by atoms with Crippen molar-refractivity contribution in [3.63, 3.8) is 0 Å². The van der Waals surface area contributed by atoms with Gasteiger partial charge in [0, 0.05) is 6.04 Å². The van der Waals surface area contributed by atoms with Crippen LogP contribution in [0.5, 0.6) is 0 Å². The Hall–Kier alpha value is -0.910. The number of rotatable bonds is 3. The highest BCUT2D eigenvalue weighted by Gasteiger charge is 2.54. The van der Waals surface area contributed by atoms with Crippen LogP contribution in [0.2, 0.25) is 0 Å². The minimum Gasteiger partial charge on any atom is -0.316 e. The molecular formula is C13H18N2O2S. The molecule has 3 rings (SSSR count). The van der Waals surface area contributed by atoms with Crippen LogP contribution in [0.25, 0.3) is 0 Å². The Morgan fingerprint density at radius 2 is 1.89 bits per heavy atom. The van der Waals surface area contributed by atoms with Crippen molar-refractivity contribution in [1.29, 1.82) is 0 Å². The Balaban J connectivity index is 1.84. The van der Waals surface area contributed by atoms with Gasteiger partial charge in [-0.15, -0.1) is 0 Å². The fourth-order valence-electron chi connectivity index (χ4n) is 2.83. The molecular weight excluding hydrogens is 248 g/mol. The summed E-state index contributed by atoms with van der Waals surface area (Å²) in [5.41, 5.74) is 1.77. The Morgan fingerprint density at radius 3 is 2.56 bits per heavy atom. The van der Waals surface area contributed by atoms with Gasteiger partial charge in [-0.25, -0.2) is 13.1 Å². The van der Waals surface area contributed by atoms with Gasteiger partial charge in [-0.05, 0) is 56.0 Å². The highest BCUT2D eigenvalue weighted by molar-refractivity contribution is 7.89. The van der Waals surface area contributed by atoms with Crippen molar-refractivity contribution in [3.05, 3.63) is 29.3 Å². The van der Waals surface area contributed by atoms with Gasteiger partial charge in [0.25, 0.3) is 0 Å². The first-order chi connectivity index (χ1) is 8.49. The molecule has 2 unspecified atom stereocenters. The molecule has 1 aromatic rings. The SMILES string of the molecule is Cc1ccc(C)c(S(=O)(=O)NC2C3CNCC32)c1. The number of nitrogens with one attached hydrogen (secondary N) is 2. The van der Waals surface area contributed by atoms with Gasteiger partial charge in [-0.1, -0.05) is 12.1 Å². The van der Waals surface area contributed by atoms with Crippen LogP contribution in [0.1, 0.15) is 11.1 Å². The number of sulfonamides is 1. The summed E-state index contributed by atoms with van der Waals surface area (Å²) < 4.78 is 27.6. The Kier molecular flexibility index (Phi) is 2.73. The molecule has 2 atom stereocenters. The topological polar surface area (TPSA) is 58.2 Å².